The first-order valence-electron chi connectivity index (χ1n) is 8.02. The first kappa shape index (κ1) is 14.4. The molecular weight excluding hydrogens is 286 g/mol. The number of fused-ring (bicyclic) bond motifs is 1. The van der Waals surface area contributed by atoms with Gasteiger partial charge in [-0.05, 0) is 23.1 Å². The van der Waals surface area contributed by atoms with Crippen molar-refractivity contribution in [1.29, 1.82) is 0 Å². The SMILES string of the molecule is CC(C)(C)C1(C(c2ccccc2)n2nnc3ccccc32)CO1. The van der Waals surface area contributed by atoms with Crippen molar-refractivity contribution in [1.82, 2.24) is 15.0 Å². The lowest BCUT2D eigenvalue weighted by atomic mass is 9.74. The molecule has 118 valence electrons. The van der Waals surface area contributed by atoms with Gasteiger partial charge in [0.1, 0.15) is 17.2 Å². The van der Waals surface area contributed by atoms with Crippen molar-refractivity contribution in [3.05, 3.63) is 60.2 Å². The molecule has 0 radical (unpaired) electrons. The average Bonchev–Trinajstić information content (AvgIpc) is 3.24. The Balaban J connectivity index is 1.94. The summed E-state index contributed by atoms with van der Waals surface area (Å²) in [4.78, 5) is 0. The summed E-state index contributed by atoms with van der Waals surface area (Å²) in [6.07, 6.45) is 0. The van der Waals surface area contributed by atoms with E-state index in [4.69, 9.17) is 4.74 Å². The van der Waals surface area contributed by atoms with Gasteiger partial charge in [-0.15, -0.1) is 5.10 Å². The highest BCUT2D eigenvalue weighted by Crippen LogP contribution is 2.54. The molecule has 1 aliphatic heterocycles. The van der Waals surface area contributed by atoms with E-state index in [2.05, 4.69) is 61.4 Å². The number of para-hydroxylation sites is 1. The summed E-state index contributed by atoms with van der Waals surface area (Å²) in [5.74, 6) is 0. The number of hydrogen-bond donors (Lipinski definition) is 0. The molecular formula is C19H21N3O. The second-order valence-corrected chi connectivity index (χ2v) is 7.26. The molecule has 2 unspecified atom stereocenters. The fraction of sp³-hybridized carbons (Fsp3) is 0.368. The summed E-state index contributed by atoms with van der Waals surface area (Å²) in [6.45, 7) is 7.43. The maximum Gasteiger partial charge on any atom is 0.123 e. The lowest BCUT2D eigenvalue weighted by Gasteiger charge is -2.35. The Hall–Kier alpha value is -2.20. The predicted molar refractivity (Wildman–Crippen MR) is 90.2 cm³/mol. The maximum absolute atomic E-state index is 6.06. The van der Waals surface area contributed by atoms with Crippen LogP contribution in [0.15, 0.2) is 54.6 Å². The van der Waals surface area contributed by atoms with Gasteiger partial charge in [0.05, 0.1) is 12.1 Å². The molecule has 0 saturated carbocycles. The number of benzene rings is 2. The minimum atomic E-state index is -0.259. The molecule has 0 bridgehead atoms. The van der Waals surface area contributed by atoms with E-state index >= 15 is 0 Å². The van der Waals surface area contributed by atoms with Crippen LogP contribution in [-0.4, -0.2) is 27.2 Å². The van der Waals surface area contributed by atoms with Crippen LogP contribution in [0, 0.1) is 5.41 Å². The molecule has 3 aromatic rings. The van der Waals surface area contributed by atoms with Crippen LogP contribution in [0.25, 0.3) is 11.0 Å². The van der Waals surface area contributed by atoms with E-state index in [9.17, 15) is 0 Å². The molecule has 1 aromatic heterocycles. The smallest absolute Gasteiger partial charge is 0.123 e. The van der Waals surface area contributed by atoms with Crippen LogP contribution in [0.1, 0.15) is 32.4 Å². The first-order valence-corrected chi connectivity index (χ1v) is 8.02. The number of hydrogen-bond acceptors (Lipinski definition) is 3. The maximum atomic E-state index is 6.06. The van der Waals surface area contributed by atoms with E-state index in [-0.39, 0.29) is 17.1 Å². The highest BCUT2D eigenvalue weighted by Gasteiger charge is 2.61. The predicted octanol–water partition coefficient (Wildman–Crippen LogP) is 3.84. The fourth-order valence-electron chi connectivity index (χ4n) is 3.40. The molecule has 1 aliphatic rings. The monoisotopic (exact) mass is 307 g/mol. The quantitative estimate of drug-likeness (QED) is 0.691. The average molecular weight is 307 g/mol. The van der Waals surface area contributed by atoms with Gasteiger partial charge in [0.25, 0.3) is 0 Å². The van der Waals surface area contributed by atoms with Crippen molar-refractivity contribution < 1.29 is 4.74 Å². The van der Waals surface area contributed by atoms with Crippen molar-refractivity contribution >= 4 is 11.0 Å². The third-order valence-electron chi connectivity index (χ3n) is 4.90. The van der Waals surface area contributed by atoms with Gasteiger partial charge in [0.2, 0.25) is 0 Å². The Morgan fingerprint density at radius 2 is 1.70 bits per heavy atom. The Kier molecular flexibility index (Phi) is 3.07. The molecule has 0 N–H and O–H groups in total. The van der Waals surface area contributed by atoms with Crippen molar-refractivity contribution in [2.75, 3.05) is 6.61 Å². The van der Waals surface area contributed by atoms with Crippen molar-refractivity contribution in [2.24, 2.45) is 5.41 Å². The van der Waals surface area contributed by atoms with E-state index in [0.717, 1.165) is 17.6 Å². The minimum Gasteiger partial charge on any atom is -0.366 e. The van der Waals surface area contributed by atoms with Gasteiger partial charge in [0, 0.05) is 0 Å². The Morgan fingerprint density at radius 1 is 1.04 bits per heavy atom. The van der Waals surface area contributed by atoms with E-state index in [1.54, 1.807) is 0 Å². The van der Waals surface area contributed by atoms with Crippen molar-refractivity contribution in [3.8, 4) is 0 Å². The van der Waals surface area contributed by atoms with E-state index in [1.807, 2.05) is 28.9 Å². The summed E-state index contributed by atoms with van der Waals surface area (Å²) >= 11 is 0. The molecule has 0 aliphatic carbocycles. The highest BCUT2D eigenvalue weighted by atomic mass is 16.6. The molecule has 23 heavy (non-hydrogen) atoms. The Morgan fingerprint density at radius 3 is 2.35 bits per heavy atom. The fourth-order valence-corrected chi connectivity index (χ4v) is 3.40. The largest absolute Gasteiger partial charge is 0.366 e. The van der Waals surface area contributed by atoms with Crippen LogP contribution in [0.4, 0.5) is 0 Å². The molecule has 0 spiro atoms. The third kappa shape index (κ3) is 2.17. The number of rotatable bonds is 3. The molecule has 2 heterocycles. The topological polar surface area (TPSA) is 43.2 Å². The van der Waals surface area contributed by atoms with Gasteiger partial charge >= 0.3 is 0 Å². The molecule has 4 rings (SSSR count). The molecule has 2 aromatic carbocycles. The van der Waals surface area contributed by atoms with Crippen LogP contribution in [0.3, 0.4) is 0 Å². The zero-order chi connectivity index (χ0) is 16.1. The summed E-state index contributed by atoms with van der Waals surface area (Å²) in [7, 11) is 0. The van der Waals surface area contributed by atoms with E-state index < -0.39 is 0 Å². The zero-order valence-corrected chi connectivity index (χ0v) is 13.7. The molecule has 0 amide bonds. The van der Waals surface area contributed by atoms with E-state index in [0.29, 0.717) is 0 Å². The van der Waals surface area contributed by atoms with Gasteiger partial charge in [-0.3, -0.25) is 0 Å². The summed E-state index contributed by atoms with van der Waals surface area (Å²) in [5, 5.41) is 8.82. The number of nitrogens with zero attached hydrogens (tertiary/aromatic N) is 3. The lowest BCUT2D eigenvalue weighted by molar-refractivity contribution is 0.108. The summed E-state index contributed by atoms with van der Waals surface area (Å²) in [6, 6.07) is 18.6. The molecule has 1 saturated heterocycles. The Labute approximate surface area is 136 Å². The molecule has 4 nitrogen and oxygen atoms in total. The van der Waals surface area contributed by atoms with Gasteiger partial charge in [0.15, 0.2) is 0 Å². The van der Waals surface area contributed by atoms with Crippen molar-refractivity contribution in [2.45, 2.75) is 32.4 Å². The third-order valence-corrected chi connectivity index (χ3v) is 4.90. The number of aromatic nitrogens is 3. The normalized spacial score (nSPS) is 22.2. The zero-order valence-electron chi connectivity index (χ0n) is 13.7. The van der Waals surface area contributed by atoms with Crippen LogP contribution >= 0.6 is 0 Å². The van der Waals surface area contributed by atoms with Gasteiger partial charge < -0.3 is 4.74 Å². The van der Waals surface area contributed by atoms with Crippen LogP contribution < -0.4 is 0 Å². The van der Waals surface area contributed by atoms with Crippen LogP contribution in [0.2, 0.25) is 0 Å². The van der Waals surface area contributed by atoms with Gasteiger partial charge in [-0.1, -0.05) is 68.4 Å². The standard InChI is InChI=1S/C19H21N3O/c1-18(2,3)19(13-23-19)17(14-9-5-4-6-10-14)22-16-12-8-7-11-15(16)20-21-22/h4-12,17H,13H2,1-3H3. The van der Waals surface area contributed by atoms with E-state index in [1.165, 1.54) is 5.56 Å². The number of epoxide rings is 1. The summed E-state index contributed by atoms with van der Waals surface area (Å²) in [5.41, 5.74) is 2.90. The molecule has 4 heteroatoms. The lowest BCUT2D eigenvalue weighted by Crippen LogP contribution is -2.40. The van der Waals surface area contributed by atoms with Gasteiger partial charge in [-0.25, -0.2) is 4.68 Å². The molecule has 2 atom stereocenters. The first-order chi connectivity index (χ1) is 11.0. The summed E-state index contributed by atoms with van der Waals surface area (Å²) < 4.78 is 8.09. The minimum absolute atomic E-state index is 0.000557. The number of ether oxygens (including phenoxy) is 1. The van der Waals surface area contributed by atoms with Crippen molar-refractivity contribution in [3.63, 3.8) is 0 Å². The Bertz CT molecular complexity index is 828. The molecule has 1 fully saturated rings. The van der Waals surface area contributed by atoms with Crippen LogP contribution in [-0.2, 0) is 4.74 Å². The van der Waals surface area contributed by atoms with Gasteiger partial charge in [-0.2, -0.15) is 0 Å². The van der Waals surface area contributed by atoms with Crippen LogP contribution in [0.5, 0.6) is 0 Å². The highest BCUT2D eigenvalue weighted by molar-refractivity contribution is 5.74. The second kappa shape index (κ2) is 4.90. The second-order valence-electron chi connectivity index (χ2n) is 7.26.